The first-order chi connectivity index (χ1) is 14.7. The Kier molecular flexibility index (Phi) is 6.16. The summed E-state index contributed by atoms with van der Waals surface area (Å²) in [4.78, 5) is 23.8. The number of carbonyl (C=O) groups excluding carboxylic acids is 1. The predicted octanol–water partition coefficient (Wildman–Crippen LogP) is 3.79. The van der Waals surface area contributed by atoms with Crippen molar-refractivity contribution in [3.05, 3.63) is 65.9 Å². The number of ether oxygens (including phenoxy) is 1. The highest BCUT2D eigenvalue weighted by molar-refractivity contribution is 5.76. The largest absolute Gasteiger partial charge is 0.497 e. The van der Waals surface area contributed by atoms with Crippen molar-refractivity contribution in [2.75, 3.05) is 13.7 Å². The van der Waals surface area contributed by atoms with E-state index in [4.69, 9.17) is 9.15 Å². The molecule has 1 saturated heterocycles. The van der Waals surface area contributed by atoms with Gasteiger partial charge < -0.3 is 18.6 Å². The number of piperidine rings is 1. The Bertz CT molecular complexity index is 994. The van der Waals surface area contributed by atoms with Gasteiger partial charge in [0.1, 0.15) is 29.9 Å². The molecule has 2 aromatic heterocycles. The van der Waals surface area contributed by atoms with Crippen LogP contribution >= 0.6 is 0 Å². The Balaban J connectivity index is 1.48. The molecule has 7 heteroatoms. The Morgan fingerprint density at radius 2 is 2.20 bits per heavy atom. The molecule has 0 saturated carbocycles. The number of likely N-dealkylation sites (tertiary alicyclic amines) is 1. The number of rotatable bonds is 7. The van der Waals surface area contributed by atoms with Crippen molar-refractivity contribution in [2.45, 2.75) is 51.6 Å². The van der Waals surface area contributed by atoms with E-state index in [1.165, 1.54) is 0 Å². The number of nitrogens with zero attached hydrogens (tertiary/aromatic N) is 4. The van der Waals surface area contributed by atoms with Gasteiger partial charge in [0.2, 0.25) is 11.8 Å². The maximum atomic E-state index is 13.1. The molecular weight excluding hydrogens is 380 g/mol. The van der Waals surface area contributed by atoms with Crippen LogP contribution in [0.2, 0.25) is 0 Å². The summed E-state index contributed by atoms with van der Waals surface area (Å²) in [5.41, 5.74) is 1.10. The minimum atomic E-state index is -0.112. The smallest absolute Gasteiger partial charge is 0.243 e. The van der Waals surface area contributed by atoms with Gasteiger partial charge in [0, 0.05) is 31.8 Å². The number of oxazole rings is 1. The molecule has 0 radical (unpaired) electrons. The van der Waals surface area contributed by atoms with Crippen molar-refractivity contribution in [3.63, 3.8) is 0 Å². The zero-order chi connectivity index (χ0) is 20.9. The Morgan fingerprint density at radius 3 is 3.03 bits per heavy atom. The van der Waals surface area contributed by atoms with Crippen LogP contribution in [0.3, 0.4) is 0 Å². The van der Waals surface area contributed by atoms with E-state index >= 15 is 0 Å². The highest BCUT2D eigenvalue weighted by Crippen LogP contribution is 2.31. The van der Waals surface area contributed by atoms with E-state index in [1.54, 1.807) is 19.5 Å². The van der Waals surface area contributed by atoms with Gasteiger partial charge in [-0.05, 0) is 37.0 Å². The Hall–Kier alpha value is -3.09. The van der Waals surface area contributed by atoms with Crippen molar-refractivity contribution in [1.29, 1.82) is 0 Å². The summed E-state index contributed by atoms with van der Waals surface area (Å²) in [5, 5.41) is 0. The minimum Gasteiger partial charge on any atom is -0.497 e. The van der Waals surface area contributed by atoms with Gasteiger partial charge in [0.25, 0.3) is 0 Å². The molecule has 1 aliphatic heterocycles. The van der Waals surface area contributed by atoms with Crippen LogP contribution < -0.4 is 4.74 Å². The molecule has 0 spiro atoms. The predicted molar refractivity (Wildman–Crippen MR) is 112 cm³/mol. The van der Waals surface area contributed by atoms with Crippen LogP contribution in [-0.4, -0.2) is 39.0 Å². The molecular formula is C23H28N4O3. The molecule has 158 valence electrons. The van der Waals surface area contributed by atoms with Crippen molar-refractivity contribution in [2.24, 2.45) is 0 Å². The van der Waals surface area contributed by atoms with Gasteiger partial charge in [0.05, 0.1) is 13.3 Å². The Morgan fingerprint density at radius 1 is 1.30 bits per heavy atom. The molecule has 1 aliphatic rings. The molecule has 3 heterocycles. The molecule has 0 N–H and O–H groups in total. The quantitative estimate of drug-likeness (QED) is 0.595. The van der Waals surface area contributed by atoms with Crippen molar-refractivity contribution >= 4 is 5.91 Å². The first kappa shape index (κ1) is 20.2. The number of hydrogen-bond acceptors (Lipinski definition) is 5. The second-order valence-corrected chi connectivity index (χ2v) is 7.62. The zero-order valence-electron chi connectivity index (χ0n) is 17.6. The van der Waals surface area contributed by atoms with E-state index in [9.17, 15) is 4.79 Å². The fourth-order valence-corrected chi connectivity index (χ4v) is 4.06. The van der Waals surface area contributed by atoms with E-state index in [1.807, 2.05) is 46.9 Å². The van der Waals surface area contributed by atoms with Crippen LogP contribution in [0.1, 0.15) is 55.3 Å². The topological polar surface area (TPSA) is 73.4 Å². The molecule has 7 nitrogen and oxygen atoms in total. The fraction of sp³-hybridized carbons (Fsp3) is 0.435. The standard InChI is InChI=1S/C23H28N4O3/c1-3-21-24-10-12-26(21)16-22(28)27-11-5-4-9-20(27)23-25-15-19(30-23)14-17-7-6-8-18(13-17)29-2/h6-8,10,12-13,15,20H,3-5,9,11,14,16H2,1-2H3/t20-/m0/s1. The monoisotopic (exact) mass is 408 g/mol. The van der Waals surface area contributed by atoms with Gasteiger partial charge in [0.15, 0.2) is 0 Å². The number of carbonyl (C=O) groups is 1. The lowest BCUT2D eigenvalue weighted by Gasteiger charge is -2.34. The van der Waals surface area contributed by atoms with Gasteiger partial charge in [-0.3, -0.25) is 4.79 Å². The number of methoxy groups -OCH3 is 1. The van der Waals surface area contributed by atoms with Crippen molar-refractivity contribution in [3.8, 4) is 5.75 Å². The zero-order valence-corrected chi connectivity index (χ0v) is 17.6. The van der Waals surface area contributed by atoms with E-state index in [0.717, 1.165) is 55.1 Å². The molecule has 1 fully saturated rings. The third-order valence-electron chi connectivity index (χ3n) is 5.62. The number of hydrogen-bond donors (Lipinski definition) is 0. The van der Waals surface area contributed by atoms with Crippen LogP contribution in [0.15, 0.2) is 47.3 Å². The molecule has 0 aliphatic carbocycles. The lowest BCUT2D eigenvalue weighted by Crippen LogP contribution is -2.40. The molecule has 3 aromatic rings. The van der Waals surface area contributed by atoms with Gasteiger partial charge >= 0.3 is 0 Å². The number of aryl methyl sites for hydroxylation is 1. The van der Waals surface area contributed by atoms with Crippen LogP contribution in [0.5, 0.6) is 5.75 Å². The second kappa shape index (κ2) is 9.15. The molecule has 1 atom stereocenters. The average Bonchev–Trinajstić information content (AvgIpc) is 3.43. The van der Waals surface area contributed by atoms with Crippen LogP contribution in [0.25, 0.3) is 0 Å². The number of imidazole rings is 1. The second-order valence-electron chi connectivity index (χ2n) is 7.62. The molecule has 30 heavy (non-hydrogen) atoms. The fourth-order valence-electron chi connectivity index (χ4n) is 4.06. The average molecular weight is 409 g/mol. The molecule has 0 bridgehead atoms. The lowest BCUT2D eigenvalue weighted by molar-refractivity contribution is -0.136. The molecule has 1 amide bonds. The van der Waals surface area contributed by atoms with E-state index in [-0.39, 0.29) is 11.9 Å². The summed E-state index contributed by atoms with van der Waals surface area (Å²) < 4.78 is 13.3. The van der Waals surface area contributed by atoms with Crippen LogP contribution in [0, 0.1) is 0 Å². The SMILES string of the molecule is CCc1nccn1CC(=O)N1CCCC[C@H]1c1ncc(Cc2cccc(OC)c2)o1. The van der Waals surface area contributed by atoms with Gasteiger partial charge in [-0.1, -0.05) is 19.1 Å². The van der Waals surface area contributed by atoms with Crippen molar-refractivity contribution in [1.82, 2.24) is 19.4 Å². The van der Waals surface area contributed by atoms with Gasteiger partial charge in [-0.25, -0.2) is 9.97 Å². The van der Waals surface area contributed by atoms with Gasteiger partial charge in [-0.2, -0.15) is 0 Å². The number of amides is 1. The molecule has 0 unspecified atom stereocenters. The van der Waals surface area contributed by atoms with E-state index in [0.29, 0.717) is 18.9 Å². The Labute approximate surface area is 176 Å². The number of aromatic nitrogens is 3. The summed E-state index contributed by atoms with van der Waals surface area (Å²) in [6.07, 6.45) is 9.77. The molecule has 1 aromatic carbocycles. The minimum absolute atomic E-state index is 0.0833. The number of benzene rings is 1. The van der Waals surface area contributed by atoms with E-state index < -0.39 is 0 Å². The first-order valence-corrected chi connectivity index (χ1v) is 10.5. The van der Waals surface area contributed by atoms with E-state index in [2.05, 4.69) is 9.97 Å². The van der Waals surface area contributed by atoms with Crippen LogP contribution in [-0.2, 0) is 24.2 Å². The van der Waals surface area contributed by atoms with Gasteiger partial charge in [-0.15, -0.1) is 0 Å². The maximum absolute atomic E-state index is 13.1. The third-order valence-corrected chi connectivity index (χ3v) is 5.62. The summed E-state index contributed by atoms with van der Waals surface area (Å²) >= 11 is 0. The third kappa shape index (κ3) is 4.40. The summed E-state index contributed by atoms with van der Waals surface area (Å²) in [6.45, 7) is 3.08. The summed E-state index contributed by atoms with van der Waals surface area (Å²) in [6, 6.07) is 7.81. The summed E-state index contributed by atoms with van der Waals surface area (Å²) in [7, 11) is 1.66. The van der Waals surface area contributed by atoms with Crippen LogP contribution in [0.4, 0.5) is 0 Å². The maximum Gasteiger partial charge on any atom is 0.243 e. The summed E-state index contributed by atoms with van der Waals surface area (Å²) in [5.74, 6) is 3.25. The highest BCUT2D eigenvalue weighted by Gasteiger charge is 2.31. The highest BCUT2D eigenvalue weighted by atomic mass is 16.5. The normalized spacial score (nSPS) is 16.6. The first-order valence-electron chi connectivity index (χ1n) is 10.5. The van der Waals surface area contributed by atoms with Crippen molar-refractivity contribution < 1.29 is 13.9 Å². The molecule has 4 rings (SSSR count). The lowest BCUT2D eigenvalue weighted by atomic mass is 10.0.